The summed E-state index contributed by atoms with van der Waals surface area (Å²) in [6, 6.07) is 20.7. The van der Waals surface area contributed by atoms with Gasteiger partial charge in [0.15, 0.2) is 6.61 Å². The molecule has 2 amide bonds. The Morgan fingerprint density at radius 1 is 0.968 bits per heavy atom. The number of nitrogens with one attached hydrogen (secondary N) is 1. The van der Waals surface area contributed by atoms with Crippen LogP contribution >= 0.6 is 15.9 Å². The van der Waals surface area contributed by atoms with Gasteiger partial charge in [0.1, 0.15) is 11.8 Å². The molecule has 1 atom stereocenters. The van der Waals surface area contributed by atoms with Crippen molar-refractivity contribution >= 4 is 38.5 Å². The number of hydrogen-bond donors (Lipinski definition) is 1. The van der Waals surface area contributed by atoms with Crippen LogP contribution in [0.15, 0.2) is 71.2 Å². The molecule has 1 N–H and O–H groups in total. The Hall–Kier alpha value is -2.86. The van der Waals surface area contributed by atoms with Gasteiger partial charge < -0.3 is 15.0 Å². The Bertz CT molecular complexity index is 1050. The fraction of sp³-hybridized carbons (Fsp3) is 0.280. The fourth-order valence-electron chi connectivity index (χ4n) is 3.32. The first kappa shape index (κ1) is 22.8. The third-order valence-electron chi connectivity index (χ3n) is 4.97. The van der Waals surface area contributed by atoms with Gasteiger partial charge in [0.25, 0.3) is 5.91 Å². The van der Waals surface area contributed by atoms with Gasteiger partial charge >= 0.3 is 0 Å². The molecule has 6 heteroatoms. The second-order valence-corrected chi connectivity index (χ2v) is 8.53. The minimum atomic E-state index is -0.626. The van der Waals surface area contributed by atoms with Gasteiger partial charge in [-0.2, -0.15) is 0 Å². The Morgan fingerprint density at radius 2 is 1.65 bits per heavy atom. The zero-order chi connectivity index (χ0) is 22.4. The van der Waals surface area contributed by atoms with Gasteiger partial charge in [-0.15, -0.1) is 0 Å². The lowest BCUT2D eigenvalue weighted by Crippen LogP contribution is -2.50. The predicted molar refractivity (Wildman–Crippen MR) is 127 cm³/mol. The molecule has 0 unspecified atom stereocenters. The van der Waals surface area contributed by atoms with Crippen molar-refractivity contribution < 1.29 is 14.3 Å². The SMILES string of the molecule is CC(C)NC(=O)[C@@H](C)N(Cc1ccccc1)C(=O)COc1ccc2ccccc2c1Br. The van der Waals surface area contributed by atoms with Crippen molar-refractivity contribution in [3.8, 4) is 5.75 Å². The van der Waals surface area contributed by atoms with Crippen LogP contribution in [0.4, 0.5) is 0 Å². The van der Waals surface area contributed by atoms with Gasteiger partial charge in [-0.3, -0.25) is 9.59 Å². The van der Waals surface area contributed by atoms with Crippen LogP contribution in [-0.4, -0.2) is 35.4 Å². The topological polar surface area (TPSA) is 58.6 Å². The van der Waals surface area contributed by atoms with E-state index < -0.39 is 6.04 Å². The lowest BCUT2D eigenvalue weighted by atomic mass is 10.1. The van der Waals surface area contributed by atoms with E-state index in [-0.39, 0.29) is 24.5 Å². The van der Waals surface area contributed by atoms with Crippen LogP contribution < -0.4 is 10.1 Å². The molecule has 3 rings (SSSR count). The van der Waals surface area contributed by atoms with E-state index in [2.05, 4.69) is 21.2 Å². The number of ether oxygens (including phenoxy) is 1. The first-order chi connectivity index (χ1) is 14.9. The summed E-state index contributed by atoms with van der Waals surface area (Å²) in [6.07, 6.45) is 0. The van der Waals surface area contributed by atoms with Crippen molar-refractivity contribution in [3.05, 3.63) is 76.8 Å². The highest BCUT2D eigenvalue weighted by atomic mass is 79.9. The molecule has 0 fully saturated rings. The molecule has 0 aliphatic rings. The molecule has 0 spiro atoms. The van der Waals surface area contributed by atoms with E-state index in [1.807, 2.05) is 80.6 Å². The number of carbonyl (C=O) groups is 2. The van der Waals surface area contributed by atoms with Gasteiger partial charge in [-0.25, -0.2) is 0 Å². The summed E-state index contributed by atoms with van der Waals surface area (Å²) in [5.41, 5.74) is 0.951. The molecular formula is C25H27BrN2O3. The molecule has 31 heavy (non-hydrogen) atoms. The minimum Gasteiger partial charge on any atom is -0.483 e. The molecule has 0 radical (unpaired) electrons. The van der Waals surface area contributed by atoms with Crippen LogP contribution in [0.3, 0.4) is 0 Å². The summed E-state index contributed by atoms with van der Waals surface area (Å²) in [4.78, 5) is 27.3. The van der Waals surface area contributed by atoms with Crippen molar-refractivity contribution in [2.75, 3.05) is 6.61 Å². The van der Waals surface area contributed by atoms with Crippen molar-refractivity contribution in [2.24, 2.45) is 0 Å². The minimum absolute atomic E-state index is 0.00608. The first-order valence-electron chi connectivity index (χ1n) is 10.3. The molecule has 3 aromatic rings. The first-order valence-corrected chi connectivity index (χ1v) is 11.1. The standard InChI is InChI=1S/C25H27BrN2O3/c1-17(2)27-25(30)18(3)28(15-19-9-5-4-6-10-19)23(29)16-31-22-14-13-20-11-7-8-12-21(20)24(22)26/h4-14,17-18H,15-16H2,1-3H3,(H,27,30)/t18-/m1/s1. The number of rotatable bonds is 8. The molecule has 0 heterocycles. The average Bonchev–Trinajstić information content (AvgIpc) is 2.77. The molecule has 162 valence electrons. The van der Waals surface area contributed by atoms with Crippen LogP contribution in [0.25, 0.3) is 10.8 Å². The summed E-state index contributed by atoms with van der Waals surface area (Å²) in [6.45, 7) is 5.70. The summed E-state index contributed by atoms with van der Waals surface area (Å²) in [5, 5.41) is 4.98. The van der Waals surface area contributed by atoms with Crippen molar-refractivity contribution in [2.45, 2.75) is 39.4 Å². The van der Waals surface area contributed by atoms with E-state index in [1.165, 1.54) is 0 Å². The number of halogens is 1. The molecule has 3 aromatic carbocycles. The van der Waals surface area contributed by atoms with Crippen LogP contribution in [0.5, 0.6) is 5.75 Å². The van der Waals surface area contributed by atoms with Crippen LogP contribution in [0, 0.1) is 0 Å². The fourth-order valence-corrected chi connectivity index (χ4v) is 3.92. The number of amides is 2. The number of nitrogens with zero attached hydrogens (tertiary/aromatic N) is 1. The largest absolute Gasteiger partial charge is 0.483 e. The number of benzene rings is 3. The predicted octanol–water partition coefficient (Wildman–Crippen LogP) is 4.92. The summed E-state index contributed by atoms with van der Waals surface area (Å²) in [7, 11) is 0. The average molecular weight is 483 g/mol. The monoisotopic (exact) mass is 482 g/mol. The van der Waals surface area contributed by atoms with Gasteiger partial charge in [0.2, 0.25) is 5.91 Å². The number of fused-ring (bicyclic) bond motifs is 1. The summed E-state index contributed by atoms with van der Waals surface area (Å²) >= 11 is 3.59. The molecule has 5 nitrogen and oxygen atoms in total. The molecule has 0 aromatic heterocycles. The second-order valence-electron chi connectivity index (χ2n) is 7.73. The smallest absolute Gasteiger partial charge is 0.261 e. The van der Waals surface area contributed by atoms with E-state index in [0.717, 1.165) is 20.8 Å². The third-order valence-corrected chi connectivity index (χ3v) is 5.79. The van der Waals surface area contributed by atoms with E-state index in [1.54, 1.807) is 11.8 Å². The van der Waals surface area contributed by atoms with Gasteiger partial charge in [-0.1, -0.05) is 60.7 Å². The Kier molecular flexibility index (Phi) is 7.69. The van der Waals surface area contributed by atoms with E-state index in [0.29, 0.717) is 12.3 Å². The number of hydrogen-bond acceptors (Lipinski definition) is 3. The Balaban J connectivity index is 1.77. The summed E-state index contributed by atoms with van der Waals surface area (Å²) < 4.78 is 6.67. The van der Waals surface area contributed by atoms with Crippen molar-refractivity contribution in [3.63, 3.8) is 0 Å². The molecule has 0 aliphatic carbocycles. The van der Waals surface area contributed by atoms with E-state index in [9.17, 15) is 9.59 Å². The normalized spacial score (nSPS) is 11.9. The maximum Gasteiger partial charge on any atom is 0.261 e. The lowest BCUT2D eigenvalue weighted by Gasteiger charge is -2.29. The van der Waals surface area contributed by atoms with Crippen molar-refractivity contribution in [1.82, 2.24) is 10.2 Å². The zero-order valence-corrected chi connectivity index (χ0v) is 19.6. The second kappa shape index (κ2) is 10.4. The summed E-state index contributed by atoms with van der Waals surface area (Å²) in [5.74, 6) is 0.146. The van der Waals surface area contributed by atoms with Crippen LogP contribution in [0.1, 0.15) is 26.3 Å². The Morgan fingerprint density at radius 3 is 2.35 bits per heavy atom. The highest BCUT2D eigenvalue weighted by Gasteiger charge is 2.27. The van der Waals surface area contributed by atoms with E-state index >= 15 is 0 Å². The Labute approximate surface area is 191 Å². The van der Waals surface area contributed by atoms with Crippen LogP contribution in [-0.2, 0) is 16.1 Å². The highest BCUT2D eigenvalue weighted by molar-refractivity contribution is 9.10. The molecular weight excluding hydrogens is 456 g/mol. The molecule has 0 saturated heterocycles. The zero-order valence-electron chi connectivity index (χ0n) is 18.0. The van der Waals surface area contributed by atoms with Gasteiger partial charge in [-0.05, 0) is 59.1 Å². The van der Waals surface area contributed by atoms with Gasteiger partial charge in [0, 0.05) is 12.6 Å². The quantitative estimate of drug-likeness (QED) is 0.495. The maximum absolute atomic E-state index is 13.1. The van der Waals surface area contributed by atoms with Gasteiger partial charge in [0.05, 0.1) is 4.47 Å². The van der Waals surface area contributed by atoms with Crippen LogP contribution in [0.2, 0.25) is 0 Å². The van der Waals surface area contributed by atoms with Crippen molar-refractivity contribution in [1.29, 1.82) is 0 Å². The molecule has 0 aliphatic heterocycles. The number of carbonyl (C=O) groups excluding carboxylic acids is 2. The molecule has 0 saturated carbocycles. The third kappa shape index (κ3) is 5.85. The lowest BCUT2D eigenvalue weighted by molar-refractivity contribution is -0.142. The highest BCUT2D eigenvalue weighted by Crippen LogP contribution is 2.33. The molecule has 0 bridgehead atoms. The maximum atomic E-state index is 13.1. The van der Waals surface area contributed by atoms with E-state index in [4.69, 9.17) is 4.74 Å².